The first kappa shape index (κ1) is 22.3. The van der Waals surface area contributed by atoms with Crippen LogP contribution >= 0.6 is 0 Å². The maximum absolute atomic E-state index is 13.3. The number of benzene rings is 2. The van der Waals surface area contributed by atoms with Gasteiger partial charge >= 0.3 is 5.97 Å². The molecule has 0 heterocycles. The van der Waals surface area contributed by atoms with E-state index in [0.717, 1.165) is 5.56 Å². The van der Waals surface area contributed by atoms with Crippen LogP contribution in [0.5, 0.6) is 23.0 Å². The van der Waals surface area contributed by atoms with Crippen molar-refractivity contribution >= 4 is 17.6 Å². The van der Waals surface area contributed by atoms with Gasteiger partial charge in [-0.05, 0) is 55.3 Å². The van der Waals surface area contributed by atoms with Gasteiger partial charge in [0.15, 0.2) is 16.9 Å². The minimum atomic E-state index is -1.33. The summed E-state index contributed by atoms with van der Waals surface area (Å²) in [6.45, 7) is 1.89. The summed E-state index contributed by atoms with van der Waals surface area (Å²) in [4.78, 5) is 26.1. The summed E-state index contributed by atoms with van der Waals surface area (Å²) < 4.78 is 26.6. The molecule has 8 nitrogen and oxygen atoms in total. The number of rotatable bonds is 9. The second-order valence-electron chi connectivity index (χ2n) is 7.09. The smallest absolute Gasteiger partial charge is 0.322 e. The molecule has 0 saturated heterocycles. The van der Waals surface area contributed by atoms with Crippen LogP contribution < -0.4 is 24.3 Å². The van der Waals surface area contributed by atoms with Gasteiger partial charge in [0.2, 0.25) is 11.7 Å². The molecular weight excluding hydrogens is 402 g/mol. The maximum atomic E-state index is 13.3. The highest BCUT2D eigenvalue weighted by Crippen LogP contribution is 2.62. The molecule has 1 aliphatic carbocycles. The van der Waals surface area contributed by atoms with Crippen molar-refractivity contribution in [2.45, 2.75) is 19.3 Å². The van der Waals surface area contributed by atoms with Gasteiger partial charge < -0.3 is 29.0 Å². The Labute approximate surface area is 181 Å². The molecule has 1 fully saturated rings. The van der Waals surface area contributed by atoms with Crippen LogP contribution in [0.25, 0.3) is 0 Å². The first-order valence-electron chi connectivity index (χ1n) is 9.87. The van der Waals surface area contributed by atoms with Gasteiger partial charge in [-0.25, -0.2) is 0 Å². The number of hydrogen-bond donors (Lipinski definition) is 1. The van der Waals surface area contributed by atoms with Crippen LogP contribution in [0.4, 0.5) is 5.69 Å². The van der Waals surface area contributed by atoms with E-state index < -0.39 is 23.2 Å². The molecule has 0 bridgehead atoms. The first-order valence-corrected chi connectivity index (χ1v) is 9.87. The monoisotopic (exact) mass is 429 g/mol. The SMILES string of the molecule is CCOC(=O)[C@]1(C(=O)Nc2ccc(OC)cc2)C[C@H]1c1cc(OC)c(OC)c(OC)c1. The third-order valence-corrected chi connectivity index (χ3v) is 5.44. The third kappa shape index (κ3) is 4.10. The van der Waals surface area contributed by atoms with E-state index in [4.69, 9.17) is 23.7 Å². The molecule has 1 saturated carbocycles. The number of ether oxygens (including phenoxy) is 5. The topological polar surface area (TPSA) is 92.3 Å². The fraction of sp³-hybridized carbons (Fsp3) is 0.391. The Morgan fingerprint density at radius 2 is 1.58 bits per heavy atom. The third-order valence-electron chi connectivity index (χ3n) is 5.44. The number of amides is 1. The van der Waals surface area contributed by atoms with Crippen LogP contribution in [0.15, 0.2) is 36.4 Å². The first-order chi connectivity index (χ1) is 14.9. The van der Waals surface area contributed by atoms with Crippen molar-refractivity contribution in [2.75, 3.05) is 40.4 Å². The summed E-state index contributed by atoms with van der Waals surface area (Å²) in [5.41, 5.74) is -0.0435. The number of carbonyl (C=O) groups is 2. The standard InChI is InChI=1S/C23H27NO7/c1-6-31-22(26)23(21(25)24-15-7-9-16(27-2)10-8-15)13-17(23)14-11-18(28-3)20(30-5)19(12-14)29-4/h7-12,17H,6,13H2,1-5H3,(H,24,25)/t17-,23+/m0/s1. The van der Waals surface area contributed by atoms with Gasteiger partial charge in [0, 0.05) is 11.6 Å². The lowest BCUT2D eigenvalue weighted by Crippen LogP contribution is -2.34. The van der Waals surface area contributed by atoms with E-state index in [1.807, 2.05) is 0 Å². The Hall–Kier alpha value is -3.42. The number of nitrogens with one attached hydrogen (secondary N) is 1. The summed E-state index contributed by atoms with van der Waals surface area (Å²) in [6.07, 6.45) is 0.312. The molecule has 166 valence electrons. The number of esters is 1. The molecule has 0 aromatic heterocycles. The number of hydrogen-bond acceptors (Lipinski definition) is 7. The molecule has 2 aromatic rings. The lowest BCUT2D eigenvalue weighted by Gasteiger charge is -2.18. The van der Waals surface area contributed by atoms with Crippen molar-refractivity contribution in [3.8, 4) is 23.0 Å². The van der Waals surface area contributed by atoms with Crippen molar-refractivity contribution in [1.29, 1.82) is 0 Å². The zero-order valence-electron chi connectivity index (χ0n) is 18.3. The van der Waals surface area contributed by atoms with Crippen LogP contribution in [-0.4, -0.2) is 46.9 Å². The highest BCUT2D eigenvalue weighted by Gasteiger charge is 2.67. The molecule has 8 heteroatoms. The minimum absolute atomic E-state index is 0.179. The Balaban J connectivity index is 1.94. The molecule has 0 aliphatic heterocycles. The van der Waals surface area contributed by atoms with Gasteiger partial charge in [-0.15, -0.1) is 0 Å². The highest BCUT2D eigenvalue weighted by atomic mass is 16.5. The number of methoxy groups -OCH3 is 4. The summed E-state index contributed by atoms with van der Waals surface area (Å²) >= 11 is 0. The van der Waals surface area contributed by atoms with Gasteiger partial charge in [0.1, 0.15) is 5.75 Å². The number of anilines is 1. The van der Waals surface area contributed by atoms with Crippen LogP contribution in [0.3, 0.4) is 0 Å². The zero-order chi connectivity index (χ0) is 22.6. The molecular formula is C23H27NO7. The van der Waals surface area contributed by atoms with E-state index in [9.17, 15) is 9.59 Å². The predicted octanol–water partition coefficient (Wildman–Crippen LogP) is 3.40. The van der Waals surface area contributed by atoms with Crippen LogP contribution in [-0.2, 0) is 14.3 Å². The molecule has 31 heavy (non-hydrogen) atoms. The second kappa shape index (κ2) is 9.16. The summed E-state index contributed by atoms with van der Waals surface area (Å²) in [5.74, 6) is 0.654. The number of carbonyl (C=O) groups excluding carboxylic acids is 2. The largest absolute Gasteiger partial charge is 0.497 e. The van der Waals surface area contributed by atoms with Gasteiger partial charge in [-0.2, -0.15) is 0 Å². The zero-order valence-corrected chi connectivity index (χ0v) is 18.3. The van der Waals surface area contributed by atoms with Crippen molar-refractivity contribution < 1.29 is 33.3 Å². The fourth-order valence-electron chi connectivity index (χ4n) is 3.71. The fourth-order valence-corrected chi connectivity index (χ4v) is 3.71. The molecule has 0 spiro atoms. The van der Waals surface area contributed by atoms with E-state index in [1.165, 1.54) is 21.3 Å². The van der Waals surface area contributed by atoms with Crippen molar-refractivity contribution in [2.24, 2.45) is 5.41 Å². The van der Waals surface area contributed by atoms with Crippen LogP contribution in [0.2, 0.25) is 0 Å². The maximum Gasteiger partial charge on any atom is 0.322 e. The van der Waals surface area contributed by atoms with E-state index in [0.29, 0.717) is 35.1 Å². The summed E-state index contributed by atoms with van der Waals surface area (Å²) in [5, 5.41) is 2.83. The van der Waals surface area contributed by atoms with Crippen molar-refractivity contribution in [3.63, 3.8) is 0 Å². The van der Waals surface area contributed by atoms with Crippen LogP contribution in [0, 0.1) is 5.41 Å². The van der Waals surface area contributed by atoms with Gasteiger partial charge in [0.25, 0.3) is 0 Å². The summed E-state index contributed by atoms with van der Waals surface area (Å²) in [6, 6.07) is 10.4. The average Bonchev–Trinajstić information content (AvgIpc) is 3.56. The molecule has 1 amide bonds. The second-order valence-corrected chi connectivity index (χ2v) is 7.09. The Morgan fingerprint density at radius 3 is 2.06 bits per heavy atom. The molecule has 0 radical (unpaired) electrons. The predicted molar refractivity (Wildman–Crippen MR) is 114 cm³/mol. The molecule has 2 aromatic carbocycles. The lowest BCUT2D eigenvalue weighted by molar-refractivity contribution is -0.153. The molecule has 0 unspecified atom stereocenters. The quantitative estimate of drug-likeness (QED) is 0.482. The van der Waals surface area contributed by atoms with E-state index >= 15 is 0 Å². The van der Waals surface area contributed by atoms with Gasteiger partial charge in [-0.3, -0.25) is 9.59 Å². The van der Waals surface area contributed by atoms with Gasteiger partial charge in [0.05, 0.1) is 35.0 Å². The van der Waals surface area contributed by atoms with E-state index in [-0.39, 0.29) is 6.61 Å². The minimum Gasteiger partial charge on any atom is -0.497 e. The van der Waals surface area contributed by atoms with Crippen molar-refractivity contribution in [1.82, 2.24) is 0 Å². The molecule has 3 rings (SSSR count). The normalized spacial score (nSPS) is 19.2. The van der Waals surface area contributed by atoms with Crippen LogP contribution in [0.1, 0.15) is 24.8 Å². The molecule has 1 N–H and O–H groups in total. The Morgan fingerprint density at radius 1 is 0.968 bits per heavy atom. The van der Waals surface area contributed by atoms with E-state index in [1.54, 1.807) is 50.4 Å². The van der Waals surface area contributed by atoms with E-state index in [2.05, 4.69) is 5.32 Å². The molecule has 2 atom stereocenters. The highest BCUT2D eigenvalue weighted by molar-refractivity contribution is 6.13. The Bertz CT molecular complexity index is 932. The average molecular weight is 429 g/mol. The summed E-state index contributed by atoms with van der Waals surface area (Å²) in [7, 11) is 6.11. The Kier molecular flexibility index (Phi) is 6.58. The van der Waals surface area contributed by atoms with Crippen molar-refractivity contribution in [3.05, 3.63) is 42.0 Å². The molecule has 1 aliphatic rings. The van der Waals surface area contributed by atoms with Gasteiger partial charge in [-0.1, -0.05) is 0 Å². The lowest BCUT2D eigenvalue weighted by atomic mass is 9.97.